The molecule has 2 aromatic heterocycles. The monoisotopic (exact) mass is 306 g/mol. The molecule has 3 aromatic rings. The Morgan fingerprint density at radius 3 is 2.58 bits per heavy atom. The number of fused-ring (bicyclic) bond motifs is 1. The Morgan fingerprint density at radius 2 is 1.84 bits per heavy atom. The third-order valence-electron chi connectivity index (χ3n) is 3.19. The summed E-state index contributed by atoms with van der Waals surface area (Å²) in [5, 5.41) is 2.57. The van der Waals surface area contributed by atoms with Crippen LogP contribution in [-0.2, 0) is 0 Å². The van der Waals surface area contributed by atoms with E-state index in [2.05, 4.69) is 0 Å². The van der Waals surface area contributed by atoms with Gasteiger partial charge in [-0.05, 0) is 54.6 Å². The maximum atomic E-state index is 12.5. The van der Waals surface area contributed by atoms with E-state index in [0.717, 1.165) is 25.4 Å². The summed E-state index contributed by atoms with van der Waals surface area (Å²) in [7, 11) is 0. The lowest BCUT2D eigenvalue weighted by Crippen LogP contribution is -2.01. The maximum absolute atomic E-state index is 12.5. The Kier molecular flexibility index (Phi) is 3.21. The summed E-state index contributed by atoms with van der Waals surface area (Å²) in [6, 6.07) is 7.75. The zero-order valence-electron chi connectivity index (χ0n) is 10.5. The van der Waals surface area contributed by atoms with E-state index in [1.807, 2.05) is 43.5 Å². The number of ketones is 1. The van der Waals surface area contributed by atoms with Crippen LogP contribution in [0.5, 0.6) is 0 Å². The highest BCUT2D eigenvalue weighted by atomic mass is 35.5. The zero-order chi connectivity index (χ0) is 13.6. The lowest BCUT2D eigenvalue weighted by Gasteiger charge is -2.06. The predicted molar refractivity (Wildman–Crippen MR) is 84.1 cm³/mol. The highest BCUT2D eigenvalue weighted by Crippen LogP contribution is 2.33. The molecule has 96 valence electrons. The van der Waals surface area contributed by atoms with E-state index in [4.69, 9.17) is 11.6 Å². The zero-order valence-corrected chi connectivity index (χ0v) is 12.9. The second-order valence-electron chi connectivity index (χ2n) is 4.51. The Hall–Kier alpha value is -1.16. The van der Waals surface area contributed by atoms with Gasteiger partial charge in [-0.2, -0.15) is 0 Å². The van der Waals surface area contributed by atoms with Crippen LogP contribution in [0.15, 0.2) is 29.6 Å². The van der Waals surface area contributed by atoms with Crippen LogP contribution in [-0.4, -0.2) is 5.78 Å². The summed E-state index contributed by atoms with van der Waals surface area (Å²) in [5.74, 6) is 0.0153. The molecule has 0 saturated carbocycles. The molecule has 1 nitrogen and oxygen atoms in total. The standard InChI is InChI=1S/C15H11ClOS2/c1-8-5-10(11(16)6-9(8)2)15(17)14-7-13-12(19-14)3-4-18-13/h3-7H,1-2H3. The van der Waals surface area contributed by atoms with E-state index >= 15 is 0 Å². The van der Waals surface area contributed by atoms with Crippen LogP contribution >= 0.6 is 34.3 Å². The molecular formula is C15H11ClOS2. The van der Waals surface area contributed by atoms with Gasteiger partial charge in [-0.15, -0.1) is 22.7 Å². The average molecular weight is 307 g/mol. The third-order valence-corrected chi connectivity index (χ3v) is 5.60. The Balaban J connectivity index is 2.09. The van der Waals surface area contributed by atoms with Crippen molar-refractivity contribution >= 4 is 49.5 Å². The van der Waals surface area contributed by atoms with Gasteiger partial charge in [0.05, 0.1) is 9.90 Å². The van der Waals surface area contributed by atoms with Gasteiger partial charge in [0.1, 0.15) is 0 Å². The molecule has 0 bridgehead atoms. The number of carbonyl (C=O) groups is 1. The minimum atomic E-state index is 0.0153. The topological polar surface area (TPSA) is 17.1 Å². The Labute approximate surface area is 124 Å². The molecule has 0 aliphatic heterocycles. The van der Waals surface area contributed by atoms with Crippen molar-refractivity contribution in [2.45, 2.75) is 13.8 Å². The van der Waals surface area contributed by atoms with Gasteiger partial charge in [-0.25, -0.2) is 0 Å². The van der Waals surface area contributed by atoms with Crippen molar-refractivity contribution in [2.24, 2.45) is 0 Å². The molecule has 0 unspecified atom stereocenters. The van der Waals surface area contributed by atoms with Gasteiger partial charge >= 0.3 is 0 Å². The summed E-state index contributed by atoms with van der Waals surface area (Å²) in [6.07, 6.45) is 0. The molecule has 0 atom stereocenters. The van der Waals surface area contributed by atoms with Gasteiger partial charge in [-0.3, -0.25) is 4.79 Å². The molecule has 0 fully saturated rings. The second-order valence-corrected chi connectivity index (χ2v) is 6.94. The Bertz CT molecular complexity index is 754. The van der Waals surface area contributed by atoms with Gasteiger partial charge < -0.3 is 0 Å². The lowest BCUT2D eigenvalue weighted by molar-refractivity contribution is 0.104. The second kappa shape index (κ2) is 4.75. The fraction of sp³-hybridized carbons (Fsp3) is 0.133. The quantitative estimate of drug-likeness (QED) is 0.574. The molecule has 0 N–H and O–H groups in total. The fourth-order valence-electron chi connectivity index (χ4n) is 1.97. The number of rotatable bonds is 2. The summed E-state index contributed by atoms with van der Waals surface area (Å²) in [5.41, 5.74) is 2.79. The number of benzene rings is 1. The number of halogens is 1. The number of aryl methyl sites for hydroxylation is 2. The highest BCUT2D eigenvalue weighted by Gasteiger charge is 2.17. The highest BCUT2D eigenvalue weighted by molar-refractivity contribution is 7.28. The minimum Gasteiger partial charge on any atom is -0.288 e. The molecule has 3 rings (SSSR count). The van der Waals surface area contributed by atoms with E-state index in [1.54, 1.807) is 11.3 Å². The molecule has 19 heavy (non-hydrogen) atoms. The third kappa shape index (κ3) is 2.22. The van der Waals surface area contributed by atoms with E-state index in [9.17, 15) is 4.79 Å². The molecule has 0 radical (unpaired) electrons. The van der Waals surface area contributed by atoms with Crippen molar-refractivity contribution in [3.8, 4) is 0 Å². The first kappa shape index (κ1) is 12.9. The number of carbonyl (C=O) groups excluding carboxylic acids is 1. The van der Waals surface area contributed by atoms with Gasteiger partial charge in [0, 0.05) is 15.0 Å². The van der Waals surface area contributed by atoms with E-state index in [1.165, 1.54) is 11.3 Å². The number of hydrogen-bond acceptors (Lipinski definition) is 3. The van der Waals surface area contributed by atoms with Crippen LogP contribution in [0.25, 0.3) is 9.40 Å². The summed E-state index contributed by atoms with van der Waals surface area (Å²) < 4.78 is 2.32. The first-order valence-electron chi connectivity index (χ1n) is 5.85. The summed E-state index contributed by atoms with van der Waals surface area (Å²) in [4.78, 5) is 13.3. The lowest BCUT2D eigenvalue weighted by atomic mass is 10.0. The fourth-order valence-corrected chi connectivity index (χ4v) is 4.33. The Morgan fingerprint density at radius 1 is 1.11 bits per heavy atom. The molecule has 0 aliphatic carbocycles. The van der Waals surface area contributed by atoms with E-state index in [-0.39, 0.29) is 5.78 Å². The first-order chi connectivity index (χ1) is 9.06. The normalized spacial score (nSPS) is 11.1. The van der Waals surface area contributed by atoms with Crippen LogP contribution in [0.1, 0.15) is 26.4 Å². The van der Waals surface area contributed by atoms with Crippen molar-refractivity contribution in [2.75, 3.05) is 0 Å². The molecule has 0 aliphatic rings. The predicted octanol–water partition coefficient (Wildman–Crippen LogP) is 5.46. The molecule has 0 saturated heterocycles. The van der Waals surface area contributed by atoms with Gasteiger partial charge in [0.15, 0.2) is 0 Å². The van der Waals surface area contributed by atoms with Crippen molar-refractivity contribution in [1.82, 2.24) is 0 Å². The minimum absolute atomic E-state index is 0.0153. The van der Waals surface area contributed by atoms with E-state index in [0.29, 0.717) is 10.6 Å². The van der Waals surface area contributed by atoms with Gasteiger partial charge in [0.2, 0.25) is 5.78 Å². The molecule has 1 aromatic carbocycles. The van der Waals surface area contributed by atoms with Crippen LogP contribution < -0.4 is 0 Å². The summed E-state index contributed by atoms with van der Waals surface area (Å²) in [6.45, 7) is 3.99. The van der Waals surface area contributed by atoms with Crippen molar-refractivity contribution in [1.29, 1.82) is 0 Å². The number of thiophene rings is 2. The van der Waals surface area contributed by atoms with Crippen molar-refractivity contribution in [3.05, 3.63) is 56.2 Å². The van der Waals surface area contributed by atoms with Gasteiger partial charge in [-0.1, -0.05) is 11.6 Å². The van der Waals surface area contributed by atoms with Crippen LogP contribution in [0.2, 0.25) is 5.02 Å². The van der Waals surface area contributed by atoms with Crippen LogP contribution in [0.3, 0.4) is 0 Å². The molecular weight excluding hydrogens is 296 g/mol. The van der Waals surface area contributed by atoms with E-state index < -0.39 is 0 Å². The summed E-state index contributed by atoms with van der Waals surface area (Å²) >= 11 is 9.39. The maximum Gasteiger partial charge on any atom is 0.204 e. The molecule has 0 spiro atoms. The average Bonchev–Trinajstić information content (AvgIpc) is 2.93. The van der Waals surface area contributed by atoms with Crippen molar-refractivity contribution in [3.63, 3.8) is 0 Å². The first-order valence-corrected chi connectivity index (χ1v) is 7.92. The number of hydrogen-bond donors (Lipinski definition) is 0. The molecule has 0 amide bonds. The smallest absolute Gasteiger partial charge is 0.204 e. The van der Waals surface area contributed by atoms with Crippen molar-refractivity contribution < 1.29 is 4.79 Å². The largest absolute Gasteiger partial charge is 0.288 e. The van der Waals surface area contributed by atoms with Crippen LogP contribution in [0, 0.1) is 13.8 Å². The molecule has 2 heterocycles. The van der Waals surface area contributed by atoms with Crippen LogP contribution in [0.4, 0.5) is 0 Å². The SMILES string of the molecule is Cc1cc(Cl)c(C(=O)c2cc3sccc3s2)cc1C. The van der Waals surface area contributed by atoms with Gasteiger partial charge in [0.25, 0.3) is 0 Å². The molecule has 4 heteroatoms.